The molecule has 1 heterocycles. The summed E-state index contributed by atoms with van der Waals surface area (Å²) < 4.78 is 7.48. The SMILES string of the molecule is CCOc1ccc(C=Nn2c(C3CCCCC3)nc3ccc(Br)cc3c2=O)cc1[N+](=O)[O-]. The summed E-state index contributed by atoms with van der Waals surface area (Å²) in [7, 11) is 0. The fraction of sp³-hybridized carbons (Fsp3) is 0.348. The van der Waals surface area contributed by atoms with Crippen LogP contribution >= 0.6 is 15.9 Å². The predicted molar refractivity (Wildman–Crippen MR) is 127 cm³/mol. The Bertz CT molecular complexity index is 1250. The Kier molecular flexibility index (Phi) is 6.64. The van der Waals surface area contributed by atoms with Crippen molar-refractivity contribution in [2.45, 2.75) is 44.9 Å². The van der Waals surface area contributed by atoms with Crippen LogP contribution in [-0.4, -0.2) is 27.4 Å². The van der Waals surface area contributed by atoms with E-state index in [4.69, 9.17) is 9.72 Å². The quantitative estimate of drug-likeness (QED) is 0.257. The molecule has 3 aromatic rings. The highest BCUT2D eigenvalue weighted by molar-refractivity contribution is 9.10. The highest BCUT2D eigenvalue weighted by Gasteiger charge is 2.22. The molecule has 2 aromatic carbocycles. The van der Waals surface area contributed by atoms with Crippen molar-refractivity contribution in [3.63, 3.8) is 0 Å². The average Bonchev–Trinajstić information content (AvgIpc) is 2.80. The van der Waals surface area contributed by atoms with E-state index in [-0.39, 0.29) is 22.9 Å². The van der Waals surface area contributed by atoms with E-state index >= 15 is 0 Å². The third kappa shape index (κ3) is 4.57. The molecule has 0 radical (unpaired) electrons. The summed E-state index contributed by atoms with van der Waals surface area (Å²) in [5.74, 6) is 0.990. The number of halogens is 1. The summed E-state index contributed by atoms with van der Waals surface area (Å²) in [4.78, 5) is 29.1. The third-order valence-corrected chi connectivity index (χ3v) is 6.10. The summed E-state index contributed by atoms with van der Waals surface area (Å²) in [6, 6.07) is 10.1. The lowest BCUT2D eigenvalue weighted by Crippen LogP contribution is -2.25. The second-order valence-electron chi connectivity index (χ2n) is 7.75. The van der Waals surface area contributed by atoms with Crippen molar-refractivity contribution in [1.29, 1.82) is 0 Å². The molecule has 0 unspecified atom stereocenters. The Morgan fingerprint density at radius 3 is 2.75 bits per heavy atom. The third-order valence-electron chi connectivity index (χ3n) is 5.61. The summed E-state index contributed by atoms with van der Waals surface area (Å²) in [6.45, 7) is 2.09. The monoisotopic (exact) mass is 498 g/mol. The number of hydrogen-bond acceptors (Lipinski definition) is 6. The second kappa shape index (κ2) is 9.60. The number of aromatic nitrogens is 2. The first-order valence-electron chi connectivity index (χ1n) is 10.7. The van der Waals surface area contributed by atoms with Crippen molar-refractivity contribution < 1.29 is 9.66 Å². The van der Waals surface area contributed by atoms with Crippen LogP contribution in [0.3, 0.4) is 0 Å². The van der Waals surface area contributed by atoms with Crippen molar-refractivity contribution in [3.05, 3.63) is 72.7 Å². The number of nitro groups is 1. The zero-order valence-corrected chi connectivity index (χ0v) is 19.2. The molecule has 9 heteroatoms. The Labute approximate surface area is 193 Å². The Balaban J connectivity index is 1.81. The maximum absolute atomic E-state index is 13.3. The maximum Gasteiger partial charge on any atom is 0.311 e. The van der Waals surface area contributed by atoms with Crippen LogP contribution in [0.2, 0.25) is 0 Å². The molecule has 1 aliphatic carbocycles. The minimum atomic E-state index is -0.489. The van der Waals surface area contributed by atoms with Crippen LogP contribution in [0, 0.1) is 10.1 Å². The molecule has 4 rings (SSSR count). The molecule has 1 fully saturated rings. The molecule has 32 heavy (non-hydrogen) atoms. The molecule has 0 saturated heterocycles. The van der Waals surface area contributed by atoms with Crippen LogP contribution in [0.4, 0.5) is 5.69 Å². The fourth-order valence-corrected chi connectivity index (χ4v) is 4.42. The molecule has 0 spiro atoms. The number of benzene rings is 2. The first kappa shape index (κ1) is 22.1. The van der Waals surface area contributed by atoms with Gasteiger partial charge in [0, 0.05) is 22.0 Å². The topological polar surface area (TPSA) is 99.6 Å². The van der Waals surface area contributed by atoms with Crippen LogP contribution in [0.15, 0.2) is 50.8 Å². The van der Waals surface area contributed by atoms with Gasteiger partial charge in [-0.05, 0) is 50.1 Å². The summed E-state index contributed by atoms with van der Waals surface area (Å²) in [5.41, 5.74) is 0.739. The molecule has 8 nitrogen and oxygen atoms in total. The Morgan fingerprint density at radius 2 is 2.03 bits per heavy atom. The van der Waals surface area contributed by atoms with Crippen LogP contribution in [0.25, 0.3) is 10.9 Å². The molecule has 0 aliphatic heterocycles. The van der Waals surface area contributed by atoms with E-state index in [1.165, 1.54) is 23.4 Å². The molecule has 1 saturated carbocycles. The average molecular weight is 499 g/mol. The predicted octanol–water partition coefficient (Wildman–Crippen LogP) is 5.40. The second-order valence-corrected chi connectivity index (χ2v) is 8.66. The van der Waals surface area contributed by atoms with Gasteiger partial charge in [0.05, 0.1) is 28.6 Å². The van der Waals surface area contributed by atoms with Gasteiger partial charge in [-0.3, -0.25) is 14.9 Å². The van der Waals surface area contributed by atoms with Gasteiger partial charge >= 0.3 is 5.69 Å². The zero-order chi connectivity index (χ0) is 22.7. The molecule has 0 N–H and O–H groups in total. The molecule has 1 aliphatic rings. The van der Waals surface area contributed by atoms with Gasteiger partial charge in [-0.1, -0.05) is 35.2 Å². The molecule has 0 bridgehead atoms. The van der Waals surface area contributed by atoms with Gasteiger partial charge in [0.2, 0.25) is 0 Å². The van der Waals surface area contributed by atoms with Crippen LogP contribution in [0.1, 0.15) is 56.3 Å². The van der Waals surface area contributed by atoms with Gasteiger partial charge in [-0.15, -0.1) is 0 Å². The van der Waals surface area contributed by atoms with Crippen LogP contribution in [0.5, 0.6) is 5.75 Å². The van der Waals surface area contributed by atoms with Gasteiger partial charge in [0.15, 0.2) is 5.75 Å². The van der Waals surface area contributed by atoms with E-state index in [9.17, 15) is 14.9 Å². The van der Waals surface area contributed by atoms with Crippen LogP contribution in [-0.2, 0) is 0 Å². The van der Waals surface area contributed by atoms with E-state index in [1.54, 1.807) is 25.1 Å². The van der Waals surface area contributed by atoms with E-state index in [1.807, 2.05) is 12.1 Å². The van der Waals surface area contributed by atoms with Gasteiger partial charge in [-0.2, -0.15) is 9.78 Å². The van der Waals surface area contributed by atoms with Crippen molar-refractivity contribution in [1.82, 2.24) is 9.66 Å². The van der Waals surface area contributed by atoms with Crippen molar-refractivity contribution >= 4 is 38.7 Å². The zero-order valence-electron chi connectivity index (χ0n) is 17.7. The van der Waals surface area contributed by atoms with Gasteiger partial charge in [0.25, 0.3) is 5.56 Å². The molecular weight excluding hydrogens is 476 g/mol. The normalized spacial score (nSPS) is 14.8. The maximum atomic E-state index is 13.3. The Hall–Kier alpha value is -3.07. The van der Waals surface area contributed by atoms with Gasteiger partial charge in [-0.25, -0.2) is 4.98 Å². The van der Waals surface area contributed by atoms with Gasteiger partial charge in [0.1, 0.15) is 5.82 Å². The molecule has 0 atom stereocenters. The van der Waals surface area contributed by atoms with Crippen LogP contribution < -0.4 is 10.3 Å². The summed E-state index contributed by atoms with van der Waals surface area (Å²) in [5, 5.41) is 16.3. The highest BCUT2D eigenvalue weighted by atomic mass is 79.9. The number of fused-ring (bicyclic) bond motifs is 1. The lowest BCUT2D eigenvalue weighted by molar-refractivity contribution is -0.385. The van der Waals surface area contributed by atoms with E-state index in [0.717, 1.165) is 30.2 Å². The fourth-order valence-electron chi connectivity index (χ4n) is 4.06. The summed E-state index contributed by atoms with van der Waals surface area (Å²) in [6.07, 6.45) is 6.74. The lowest BCUT2D eigenvalue weighted by atomic mass is 9.88. The Morgan fingerprint density at radius 1 is 1.25 bits per heavy atom. The summed E-state index contributed by atoms with van der Waals surface area (Å²) >= 11 is 3.41. The van der Waals surface area contributed by atoms with Crippen molar-refractivity contribution in [2.24, 2.45) is 5.10 Å². The van der Waals surface area contributed by atoms with E-state index in [0.29, 0.717) is 28.9 Å². The highest BCUT2D eigenvalue weighted by Crippen LogP contribution is 2.32. The van der Waals surface area contributed by atoms with Gasteiger partial charge < -0.3 is 4.74 Å². The van der Waals surface area contributed by atoms with E-state index in [2.05, 4.69) is 21.0 Å². The lowest BCUT2D eigenvalue weighted by Gasteiger charge is -2.22. The van der Waals surface area contributed by atoms with E-state index < -0.39 is 4.92 Å². The molecule has 0 amide bonds. The molecular formula is C23H23BrN4O4. The molecule has 1 aromatic heterocycles. The number of nitrogens with zero attached hydrogens (tertiary/aromatic N) is 4. The minimum absolute atomic E-state index is 0.142. The largest absolute Gasteiger partial charge is 0.487 e. The first-order chi connectivity index (χ1) is 15.5. The number of hydrogen-bond donors (Lipinski definition) is 0. The minimum Gasteiger partial charge on any atom is -0.487 e. The number of rotatable bonds is 6. The van der Waals surface area contributed by atoms with Crippen molar-refractivity contribution in [2.75, 3.05) is 6.61 Å². The smallest absolute Gasteiger partial charge is 0.311 e. The van der Waals surface area contributed by atoms with Crippen molar-refractivity contribution in [3.8, 4) is 5.75 Å². The first-order valence-corrected chi connectivity index (χ1v) is 11.4. The standard InChI is InChI=1S/C23H23BrN4O4/c1-2-32-21-11-8-15(12-20(21)28(30)31)14-25-27-22(16-6-4-3-5-7-16)26-19-10-9-17(24)13-18(19)23(27)29/h8-14,16H,2-7H2,1H3. The molecule has 166 valence electrons. The number of ether oxygens (including phenoxy) is 1. The number of nitro benzene ring substituents is 1.